The number of nitrogens with zero attached hydrogens (tertiary/aromatic N) is 4. The lowest BCUT2D eigenvalue weighted by atomic mass is 10.2. The first-order valence-electron chi connectivity index (χ1n) is 10.3. The number of fused-ring (bicyclic) bond motifs is 1. The summed E-state index contributed by atoms with van der Waals surface area (Å²) in [5.41, 5.74) is 3.66. The average molecular weight is 446 g/mol. The van der Waals surface area contributed by atoms with E-state index in [1.165, 1.54) is 7.11 Å². The van der Waals surface area contributed by atoms with Gasteiger partial charge in [-0.2, -0.15) is 5.10 Å². The van der Waals surface area contributed by atoms with Crippen molar-refractivity contribution in [3.05, 3.63) is 40.3 Å². The van der Waals surface area contributed by atoms with Crippen LogP contribution in [0.2, 0.25) is 5.02 Å². The van der Waals surface area contributed by atoms with Gasteiger partial charge in [0.05, 0.1) is 24.9 Å². The molecule has 9 heteroatoms. The summed E-state index contributed by atoms with van der Waals surface area (Å²) >= 11 is 6.26. The molecule has 0 saturated heterocycles. The number of aryl methyl sites for hydroxylation is 3. The standard InChI is InChI=1S/C22H28ClN5O3/c1-5-7-16-20-21(28(2)27-16)22(26-18(25-20)8-6-9-19(29)31-4)24-13-14-10-11-17(30-3)15(23)12-14/h10-12H,5-9,13H2,1-4H3,(H,24,25,26). The van der Waals surface area contributed by atoms with E-state index in [0.29, 0.717) is 48.2 Å². The topological polar surface area (TPSA) is 91.2 Å². The van der Waals surface area contributed by atoms with Gasteiger partial charge in [0.15, 0.2) is 5.82 Å². The summed E-state index contributed by atoms with van der Waals surface area (Å²) in [5.74, 6) is 1.79. The van der Waals surface area contributed by atoms with E-state index in [4.69, 9.17) is 31.0 Å². The minimum absolute atomic E-state index is 0.233. The highest BCUT2D eigenvalue weighted by Gasteiger charge is 2.17. The highest BCUT2D eigenvalue weighted by molar-refractivity contribution is 6.32. The number of rotatable bonds is 10. The number of anilines is 1. The Labute approximate surface area is 186 Å². The SMILES string of the molecule is CCCc1nn(C)c2c(NCc3ccc(OC)c(Cl)c3)nc(CCCC(=O)OC)nc12. The van der Waals surface area contributed by atoms with E-state index in [1.54, 1.807) is 7.11 Å². The van der Waals surface area contributed by atoms with Crippen LogP contribution in [0.15, 0.2) is 18.2 Å². The van der Waals surface area contributed by atoms with E-state index in [9.17, 15) is 4.79 Å². The third-order valence-corrected chi connectivity index (χ3v) is 5.27. The van der Waals surface area contributed by atoms with Gasteiger partial charge < -0.3 is 14.8 Å². The number of hydrogen-bond donors (Lipinski definition) is 1. The normalized spacial score (nSPS) is 11.0. The zero-order chi connectivity index (χ0) is 22.4. The number of benzene rings is 1. The Morgan fingerprint density at radius 3 is 2.71 bits per heavy atom. The van der Waals surface area contributed by atoms with E-state index in [1.807, 2.05) is 29.9 Å². The summed E-state index contributed by atoms with van der Waals surface area (Å²) in [6.07, 6.45) is 3.34. The van der Waals surface area contributed by atoms with Gasteiger partial charge in [0, 0.05) is 26.4 Å². The molecule has 1 aromatic carbocycles. The van der Waals surface area contributed by atoms with Crippen LogP contribution in [0.1, 0.15) is 43.3 Å². The minimum Gasteiger partial charge on any atom is -0.495 e. The molecule has 31 heavy (non-hydrogen) atoms. The van der Waals surface area contributed by atoms with Crippen molar-refractivity contribution in [3.63, 3.8) is 0 Å². The van der Waals surface area contributed by atoms with Gasteiger partial charge in [0.2, 0.25) is 0 Å². The highest BCUT2D eigenvalue weighted by atomic mass is 35.5. The molecule has 1 N–H and O–H groups in total. The van der Waals surface area contributed by atoms with Crippen LogP contribution in [-0.2, 0) is 36.0 Å². The summed E-state index contributed by atoms with van der Waals surface area (Å²) < 4.78 is 11.8. The number of halogens is 1. The Morgan fingerprint density at radius 2 is 2.03 bits per heavy atom. The van der Waals surface area contributed by atoms with Crippen LogP contribution in [0.4, 0.5) is 5.82 Å². The van der Waals surface area contributed by atoms with Crippen molar-refractivity contribution in [1.82, 2.24) is 19.7 Å². The van der Waals surface area contributed by atoms with Gasteiger partial charge in [-0.1, -0.05) is 31.0 Å². The molecule has 0 atom stereocenters. The van der Waals surface area contributed by atoms with Crippen molar-refractivity contribution in [2.24, 2.45) is 7.05 Å². The van der Waals surface area contributed by atoms with Crippen LogP contribution in [-0.4, -0.2) is 39.9 Å². The third-order valence-electron chi connectivity index (χ3n) is 4.97. The molecule has 3 aromatic rings. The van der Waals surface area contributed by atoms with Crippen molar-refractivity contribution >= 4 is 34.4 Å². The van der Waals surface area contributed by atoms with Crippen molar-refractivity contribution in [1.29, 1.82) is 0 Å². The number of carbonyl (C=O) groups excluding carboxylic acids is 1. The summed E-state index contributed by atoms with van der Waals surface area (Å²) in [7, 11) is 4.89. The number of aromatic nitrogens is 4. The van der Waals surface area contributed by atoms with Crippen molar-refractivity contribution in [3.8, 4) is 5.75 Å². The molecule has 0 bridgehead atoms. The second-order valence-corrected chi connectivity index (χ2v) is 7.67. The second-order valence-electron chi connectivity index (χ2n) is 7.26. The van der Waals surface area contributed by atoms with Crippen molar-refractivity contribution < 1.29 is 14.3 Å². The largest absolute Gasteiger partial charge is 0.495 e. The van der Waals surface area contributed by atoms with Gasteiger partial charge in [-0.05, 0) is 30.5 Å². The predicted octanol–water partition coefficient (Wildman–Crippen LogP) is 4.09. The molecule has 0 spiro atoms. The molecule has 0 amide bonds. The number of hydrogen-bond acceptors (Lipinski definition) is 7. The zero-order valence-electron chi connectivity index (χ0n) is 18.4. The average Bonchev–Trinajstić information content (AvgIpc) is 3.07. The fourth-order valence-electron chi connectivity index (χ4n) is 3.43. The van der Waals surface area contributed by atoms with Crippen LogP contribution >= 0.6 is 11.6 Å². The molecule has 0 saturated carbocycles. The zero-order valence-corrected chi connectivity index (χ0v) is 19.1. The molecule has 0 fully saturated rings. The molecule has 8 nitrogen and oxygen atoms in total. The molecular weight excluding hydrogens is 418 g/mol. The molecule has 0 aliphatic rings. The van der Waals surface area contributed by atoms with Crippen LogP contribution in [0.3, 0.4) is 0 Å². The quantitative estimate of drug-likeness (QED) is 0.470. The maximum Gasteiger partial charge on any atom is 0.305 e. The highest BCUT2D eigenvalue weighted by Crippen LogP contribution is 2.27. The first-order chi connectivity index (χ1) is 15.0. The Bertz CT molecular complexity index is 1070. The molecule has 0 aliphatic heterocycles. The Morgan fingerprint density at radius 1 is 1.23 bits per heavy atom. The monoisotopic (exact) mass is 445 g/mol. The molecule has 2 heterocycles. The van der Waals surface area contributed by atoms with Crippen molar-refractivity contribution in [2.75, 3.05) is 19.5 Å². The number of carbonyl (C=O) groups is 1. The minimum atomic E-state index is -0.233. The summed E-state index contributed by atoms with van der Waals surface area (Å²) in [6, 6.07) is 5.67. The lowest BCUT2D eigenvalue weighted by Gasteiger charge is -2.11. The van der Waals surface area contributed by atoms with Crippen LogP contribution in [0, 0.1) is 0 Å². The fourth-order valence-corrected chi connectivity index (χ4v) is 3.71. The molecule has 2 aromatic heterocycles. The first-order valence-corrected chi connectivity index (χ1v) is 10.7. The van der Waals surface area contributed by atoms with E-state index < -0.39 is 0 Å². The van der Waals surface area contributed by atoms with E-state index in [-0.39, 0.29) is 5.97 Å². The smallest absolute Gasteiger partial charge is 0.305 e. The van der Waals surface area contributed by atoms with Gasteiger partial charge in [0.1, 0.15) is 22.6 Å². The molecule has 0 radical (unpaired) electrons. The maximum atomic E-state index is 11.4. The van der Waals surface area contributed by atoms with Crippen LogP contribution in [0.25, 0.3) is 11.0 Å². The van der Waals surface area contributed by atoms with Gasteiger partial charge in [0.25, 0.3) is 0 Å². The molecular formula is C22H28ClN5O3. The predicted molar refractivity (Wildman–Crippen MR) is 121 cm³/mol. The molecule has 0 unspecified atom stereocenters. The lowest BCUT2D eigenvalue weighted by Crippen LogP contribution is -2.08. The Kier molecular flexibility index (Phi) is 7.68. The molecule has 0 aliphatic carbocycles. The van der Waals surface area contributed by atoms with E-state index in [0.717, 1.165) is 35.1 Å². The van der Waals surface area contributed by atoms with E-state index >= 15 is 0 Å². The number of nitrogens with one attached hydrogen (secondary N) is 1. The van der Waals surface area contributed by atoms with Crippen LogP contribution in [0.5, 0.6) is 5.75 Å². The van der Waals surface area contributed by atoms with Gasteiger partial charge in [-0.15, -0.1) is 0 Å². The van der Waals surface area contributed by atoms with E-state index in [2.05, 4.69) is 17.3 Å². The van der Waals surface area contributed by atoms with Gasteiger partial charge >= 0.3 is 5.97 Å². The van der Waals surface area contributed by atoms with Gasteiger partial charge in [-0.3, -0.25) is 9.48 Å². The number of esters is 1. The number of ether oxygens (including phenoxy) is 2. The number of methoxy groups -OCH3 is 2. The Hall–Kier alpha value is -2.87. The first kappa shape index (κ1) is 22.8. The molecule has 3 rings (SSSR count). The summed E-state index contributed by atoms with van der Waals surface area (Å²) in [4.78, 5) is 20.9. The summed E-state index contributed by atoms with van der Waals surface area (Å²) in [5, 5.41) is 8.63. The maximum absolute atomic E-state index is 11.4. The van der Waals surface area contributed by atoms with Gasteiger partial charge in [-0.25, -0.2) is 9.97 Å². The Balaban J connectivity index is 1.89. The van der Waals surface area contributed by atoms with Crippen LogP contribution < -0.4 is 10.1 Å². The molecule has 166 valence electrons. The second kappa shape index (κ2) is 10.4. The fraction of sp³-hybridized carbons (Fsp3) is 0.455. The summed E-state index contributed by atoms with van der Waals surface area (Å²) in [6.45, 7) is 2.65. The third kappa shape index (κ3) is 5.44. The van der Waals surface area contributed by atoms with Crippen molar-refractivity contribution in [2.45, 2.75) is 45.6 Å². The lowest BCUT2D eigenvalue weighted by molar-refractivity contribution is -0.140.